The molecule has 0 aliphatic carbocycles. The van der Waals surface area contributed by atoms with E-state index < -0.39 is 5.97 Å². The van der Waals surface area contributed by atoms with Crippen LogP contribution in [0.3, 0.4) is 0 Å². The van der Waals surface area contributed by atoms with Crippen molar-refractivity contribution in [3.05, 3.63) is 59.2 Å². The van der Waals surface area contributed by atoms with Crippen LogP contribution in [0.5, 0.6) is 5.75 Å². The number of nitrogen functional groups attached to an aromatic ring is 1. The molecular weight excluding hydrogens is 270 g/mol. The second-order valence-corrected chi connectivity index (χ2v) is 4.51. The van der Waals surface area contributed by atoms with Gasteiger partial charge in [0, 0.05) is 0 Å². The summed E-state index contributed by atoms with van der Waals surface area (Å²) in [5, 5.41) is 8.98. The first-order valence-corrected chi connectivity index (χ1v) is 6.43. The van der Waals surface area contributed by atoms with Crippen LogP contribution in [-0.2, 0) is 18.0 Å². The zero-order chi connectivity index (χ0) is 15.2. The Labute approximate surface area is 122 Å². The number of hydrogen-bond acceptors (Lipinski definition) is 5. The van der Waals surface area contributed by atoms with Crippen LogP contribution in [0.4, 0.5) is 5.69 Å². The Hall–Kier alpha value is -2.53. The van der Waals surface area contributed by atoms with E-state index in [1.54, 1.807) is 12.1 Å². The number of hydrogen-bond donors (Lipinski definition) is 2. The van der Waals surface area contributed by atoms with Gasteiger partial charge in [-0.05, 0) is 29.3 Å². The fourth-order valence-electron chi connectivity index (χ4n) is 1.83. The van der Waals surface area contributed by atoms with Crippen molar-refractivity contribution in [2.45, 2.75) is 13.2 Å². The van der Waals surface area contributed by atoms with Crippen molar-refractivity contribution in [2.75, 3.05) is 12.8 Å². The largest absolute Gasteiger partial charge is 0.487 e. The molecule has 0 saturated heterocycles. The Balaban J connectivity index is 2.04. The van der Waals surface area contributed by atoms with Crippen molar-refractivity contribution < 1.29 is 19.4 Å². The molecule has 2 aromatic carbocycles. The van der Waals surface area contributed by atoms with Crippen LogP contribution in [0.15, 0.2) is 42.5 Å². The Kier molecular flexibility index (Phi) is 4.79. The second-order valence-electron chi connectivity index (χ2n) is 4.51. The number of aliphatic hydroxyl groups excluding tert-OH is 1. The number of ether oxygens (including phenoxy) is 2. The van der Waals surface area contributed by atoms with Gasteiger partial charge >= 0.3 is 5.97 Å². The van der Waals surface area contributed by atoms with Crippen molar-refractivity contribution >= 4 is 11.7 Å². The van der Waals surface area contributed by atoms with Crippen LogP contribution < -0.4 is 10.5 Å². The maximum Gasteiger partial charge on any atom is 0.337 e. The number of nitrogens with two attached hydrogens (primary N) is 1. The first-order valence-electron chi connectivity index (χ1n) is 6.43. The molecule has 110 valence electrons. The van der Waals surface area contributed by atoms with E-state index in [1.165, 1.54) is 13.2 Å². The molecule has 2 aromatic rings. The van der Waals surface area contributed by atoms with Gasteiger partial charge < -0.3 is 20.3 Å². The summed E-state index contributed by atoms with van der Waals surface area (Å²) in [4.78, 5) is 11.4. The molecule has 0 aromatic heterocycles. The summed E-state index contributed by atoms with van der Waals surface area (Å²) < 4.78 is 10.3. The maximum absolute atomic E-state index is 11.4. The van der Waals surface area contributed by atoms with Gasteiger partial charge in [0.15, 0.2) is 0 Å². The van der Waals surface area contributed by atoms with Gasteiger partial charge in [-0.1, -0.05) is 24.3 Å². The smallest absolute Gasteiger partial charge is 0.337 e. The predicted octanol–water partition coefficient (Wildman–Crippen LogP) is 2.13. The van der Waals surface area contributed by atoms with Crippen LogP contribution in [-0.4, -0.2) is 18.2 Å². The van der Waals surface area contributed by atoms with E-state index in [1.807, 2.05) is 24.3 Å². The first kappa shape index (κ1) is 14.9. The lowest BCUT2D eigenvalue weighted by Crippen LogP contribution is -2.04. The highest BCUT2D eigenvalue weighted by Gasteiger charge is 2.09. The van der Waals surface area contributed by atoms with Crippen molar-refractivity contribution in [3.63, 3.8) is 0 Å². The first-order chi connectivity index (χ1) is 10.1. The minimum atomic E-state index is -0.437. The molecule has 0 atom stereocenters. The van der Waals surface area contributed by atoms with Crippen LogP contribution in [0.25, 0.3) is 0 Å². The molecule has 21 heavy (non-hydrogen) atoms. The predicted molar refractivity (Wildman–Crippen MR) is 78.9 cm³/mol. The molecule has 3 N–H and O–H groups in total. The number of esters is 1. The quantitative estimate of drug-likeness (QED) is 0.650. The van der Waals surface area contributed by atoms with E-state index in [2.05, 4.69) is 4.74 Å². The standard InChI is InChI=1S/C16H17NO4/c1-20-16(19)13-6-7-15(14(17)8-13)21-10-12-4-2-11(9-18)3-5-12/h2-8,18H,9-10,17H2,1H3. The monoisotopic (exact) mass is 287 g/mol. The van der Waals surface area contributed by atoms with Gasteiger partial charge in [-0.2, -0.15) is 0 Å². The van der Waals surface area contributed by atoms with Gasteiger partial charge in [-0.25, -0.2) is 4.79 Å². The molecule has 0 spiro atoms. The van der Waals surface area contributed by atoms with Gasteiger partial charge in [0.2, 0.25) is 0 Å². The van der Waals surface area contributed by atoms with Crippen molar-refractivity contribution in [1.29, 1.82) is 0 Å². The minimum absolute atomic E-state index is 0.0169. The van der Waals surface area contributed by atoms with Crippen LogP contribution in [0, 0.1) is 0 Å². The van der Waals surface area contributed by atoms with Gasteiger partial charge in [0.25, 0.3) is 0 Å². The number of benzene rings is 2. The van der Waals surface area contributed by atoms with Gasteiger partial charge in [-0.3, -0.25) is 0 Å². The van der Waals surface area contributed by atoms with Gasteiger partial charge in [0.05, 0.1) is 25.0 Å². The highest BCUT2D eigenvalue weighted by atomic mass is 16.5. The lowest BCUT2D eigenvalue weighted by Gasteiger charge is -2.10. The third-order valence-corrected chi connectivity index (χ3v) is 3.03. The number of carbonyl (C=O) groups excluding carboxylic acids is 1. The average Bonchev–Trinajstić information content (AvgIpc) is 2.53. The molecular formula is C16H17NO4. The van der Waals surface area contributed by atoms with Crippen molar-refractivity contribution in [3.8, 4) is 5.75 Å². The zero-order valence-corrected chi connectivity index (χ0v) is 11.7. The summed E-state index contributed by atoms with van der Waals surface area (Å²) in [6.45, 7) is 0.372. The topological polar surface area (TPSA) is 81.8 Å². The second kappa shape index (κ2) is 6.76. The molecule has 0 amide bonds. The van der Waals surface area contributed by atoms with Gasteiger partial charge in [0.1, 0.15) is 12.4 Å². The van der Waals surface area contributed by atoms with E-state index in [4.69, 9.17) is 15.6 Å². The Bertz CT molecular complexity index is 623. The number of anilines is 1. The number of rotatable bonds is 5. The molecule has 0 heterocycles. The summed E-state index contributed by atoms with van der Waals surface area (Å²) in [5.41, 5.74) is 8.43. The summed E-state index contributed by atoms with van der Waals surface area (Å²) in [7, 11) is 1.32. The molecule has 0 unspecified atom stereocenters. The third-order valence-electron chi connectivity index (χ3n) is 3.03. The molecule has 0 saturated carbocycles. The summed E-state index contributed by atoms with van der Waals surface area (Å²) >= 11 is 0. The van der Waals surface area contributed by atoms with Gasteiger partial charge in [-0.15, -0.1) is 0 Å². The number of aliphatic hydroxyl groups is 1. The molecule has 0 aliphatic heterocycles. The molecule has 5 heteroatoms. The van der Waals surface area contributed by atoms with E-state index in [0.29, 0.717) is 23.6 Å². The normalized spacial score (nSPS) is 10.2. The van der Waals surface area contributed by atoms with Crippen molar-refractivity contribution in [2.24, 2.45) is 0 Å². The molecule has 5 nitrogen and oxygen atoms in total. The average molecular weight is 287 g/mol. The zero-order valence-electron chi connectivity index (χ0n) is 11.7. The third kappa shape index (κ3) is 3.73. The highest BCUT2D eigenvalue weighted by molar-refractivity contribution is 5.90. The lowest BCUT2D eigenvalue weighted by molar-refractivity contribution is 0.0600. The molecule has 0 fully saturated rings. The maximum atomic E-state index is 11.4. The van der Waals surface area contributed by atoms with Crippen LogP contribution in [0.2, 0.25) is 0 Å². The highest BCUT2D eigenvalue weighted by Crippen LogP contribution is 2.24. The van der Waals surface area contributed by atoms with Crippen molar-refractivity contribution in [1.82, 2.24) is 0 Å². The molecule has 0 aliphatic rings. The molecule has 0 radical (unpaired) electrons. The van der Waals surface area contributed by atoms with E-state index in [9.17, 15) is 4.79 Å². The lowest BCUT2D eigenvalue weighted by atomic mass is 10.1. The number of methoxy groups -OCH3 is 1. The van der Waals surface area contributed by atoms with E-state index in [-0.39, 0.29) is 6.61 Å². The fraction of sp³-hybridized carbons (Fsp3) is 0.188. The Morgan fingerprint density at radius 2 is 1.81 bits per heavy atom. The Morgan fingerprint density at radius 3 is 2.38 bits per heavy atom. The number of carbonyl (C=O) groups is 1. The minimum Gasteiger partial charge on any atom is -0.487 e. The Morgan fingerprint density at radius 1 is 1.14 bits per heavy atom. The summed E-state index contributed by atoms with van der Waals surface area (Å²) in [5.74, 6) is 0.0710. The summed E-state index contributed by atoms with van der Waals surface area (Å²) in [6, 6.07) is 12.2. The summed E-state index contributed by atoms with van der Waals surface area (Å²) in [6.07, 6.45) is 0. The van der Waals surface area contributed by atoms with E-state index >= 15 is 0 Å². The SMILES string of the molecule is COC(=O)c1ccc(OCc2ccc(CO)cc2)c(N)c1. The molecule has 0 bridgehead atoms. The fourth-order valence-corrected chi connectivity index (χ4v) is 1.83. The molecule has 2 rings (SSSR count). The van der Waals surface area contributed by atoms with E-state index in [0.717, 1.165) is 11.1 Å². The van der Waals surface area contributed by atoms with Crippen LogP contribution >= 0.6 is 0 Å². The van der Waals surface area contributed by atoms with Crippen LogP contribution in [0.1, 0.15) is 21.5 Å².